The van der Waals surface area contributed by atoms with E-state index in [0.717, 1.165) is 11.4 Å². The molecular formula is C10H11N5. The molecule has 0 unspecified atom stereocenters. The van der Waals surface area contributed by atoms with Crippen LogP contribution in [0.3, 0.4) is 0 Å². The number of nitrogen functional groups attached to an aromatic ring is 1. The molecule has 0 aromatic carbocycles. The summed E-state index contributed by atoms with van der Waals surface area (Å²) in [4.78, 5) is 16.7. The van der Waals surface area contributed by atoms with E-state index in [9.17, 15) is 0 Å². The second-order valence-corrected chi connectivity index (χ2v) is 3.31. The summed E-state index contributed by atoms with van der Waals surface area (Å²) in [7, 11) is 0. The number of aryl methyl sites for hydroxylation is 2. The van der Waals surface area contributed by atoms with Crippen LogP contribution < -0.4 is 5.73 Å². The van der Waals surface area contributed by atoms with Gasteiger partial charge in [0.2, 0.25) is 0 Å². The van der Waals surface area contributed by atoms with Crippen LogP contribution in [0.2, 0.25) is 0 Å². The molecule has 2 aromatic heterocycles. The molecule has 0 saturated carbocycles. The molecular weight excluding hydrogens is 190 g/mol. The number of nitrogens with two attached hydrogens (primary N) is 1. The fourth-order valence-corrected chi connectivity index (χ4v) is 1.28. The summed E-state index contributed by atoms with van der Waals surface area (Å²) in [6, 6.07) is 1.90. The zero-order valence-electron chi connectivity index (χ0n) is 8.60. The molecule has 2 N–H and O–H groups in total. The lowest BCUT2D eigenvalue weighted by Crippen LogP contribution is -1.99. The lowest BCUT2D eigenvalue weighted by molar-refractivity contribution is 1.02. The van der Waals surface area contributed by atoms with Crippen molar-refractivity contribution in [2.75, 3.05) is 5.73 Å². The predicted molar refractivity (Wildman–Crippen MR) is 56.9 cm³/mol. The normalized spacial score (nSPS) is 10.3. The largest absolute Gasteiger partial charge is 0.396 e. The third-order valence-electron chi connectivity index (χ3n) is 1.85. The van der Waals surface area contributed by atoms with E-state index in [1.807, 2.05) is 19.9 Å². The molecule has 5 heteroatoms. The number of hydrogen-bond acceptors (Lipinski definition) is 5. The van der Waals surface area contributed by atoms with Gasteiger partial charge in [0.15, 0.2) is 11.6 Å². The number of anilines is 1. The van der Waals surface area contributed by atoms with Gasteiger partial charge in [-0.1, -0.05) is 0 Å². The van der Waals surface area contributed by atoms with Crippen LogP contribution in [0.5, 0.6) is 0 Å². The molecule has 0 bridgehead atoms. The van der Waals surface area contributed by atoms with E-state index >= 15 is 0 Å². The lowest BCUT2D eigenvalue weighted by Gasteiger charge is -2.01. The molecule has 0 aliphatic heterocycles. The van der Waals surface area contributed by atoms with Crippen LogP contribution in [0, 0.1) is 13.8 Å². The van der Waals surface area contributed by atoms with Crippen molar-refractivity contribution < 1.29 is 0 Å². The van der Waals surface area contributed by atoms with E-state index in [-0.39, 0.29) is 0 Å². The van der Waals surface area contributed by atoms with Crippen molar-refractivity contribution in [1.29, 1.82) is 0 Å². The summed E-state index contributed by atoms with van der Waals surface area (Å²) >= 11 is 0. The van der Waals surface area contributed by atoms with Crippen molar-refractivity contribution in [2.45, 2.75) is 13.8 Å². The Morgan fingerprint density at radius 3 is 2.00 bits per heavy atom. The van der Waals surface area contributed by atoms with Gasteiger partial charge in [-0.25, -0.2) is 19.9 Å². The molecule has 5 nitrogen and oxygen atoms in total. The van der Waals surface area contributed by atoms with E-state index in [1.165, 1.54) is 0 Å². The van der Waals surface area contributed by atoms with E-state index in [4.69, 9.17) is 5.73 Å². The first-order valence-electron chi connectivity index (χ1n) is 4.55. The maximum absolute atomic E-state index is 5.50. The van der Waals surface area contributed by atoms with Gasteiger partial charge < -0.3 is 5.73 Å². The quantitative estimate of drug-likeness (QED) is 0.748. The van der Waals surface area contributed by atoms with Crippen molar-refractivity contribution in [2.24, 2.45) is 0 Å². The molecule has 2 aromatic rings. The highest BCUT2D eigenvalue weighted by Crippen LogP contribution is 2.10. The van der Waals surface area contributed by atoms with Gasteiger partial charge >= 0.3 is 0 Å². The third kappa shape index (κ3) is 2.07. The summed E-state index contributed by atoms with van der Waals surface area (Å²) in [6.07, 6.45) is 3.09. The minimum Gasteiger partial charge on any atom is -0.396 e. The molecule has 0 amide bonds. The highest BCUT2D eigenvalue weighted by Gasteiger charge is 2.05. The van der Waals surface area contributed by atoms with E-state index < -0.39 is 0 Å². The van der Waals surface area contributed by atoms with Crippen molar-refractivity contribution in [3.05, 3.63) is 29.8 Å². The van der Waals surface area contributed by atoms with Gasteiger partial charge in [-0.2, -0.15) is 0 Å². The predicted octanol–water partition coefficient (Wildman–Crippen LogP) is 1.13. The Kier molecular flexibility index (Phi) is 2.29. The van der Waals surface area contributed by atoms with Gasteiger partial charge in [-0.3, -0.25) is 0 Å². The first-order valence-corrected chi connectivity index (χ1v) is 4.55. The van der Waals surface area contributed by atoms with Crippen LogP contribution in [-0.2, 0) is 0 Å². The van der Waals surface area contributed by atoms with Crippen molar-refractivity contribution in [1.82, 2.24) is 19.9 Å². The Morgan fingerprint density at radius 2 is 1.47 bits per heavy atom. The second kappa shape index (κ2) is 3.61. The Hall–Kier alpha value is -2.04. The van der Waals surface area contributed by atoms with Gasteiger partial charge in [0.25, 0.3) is 0 Å². The Labute approximate surface area is 87.4 Å². The van der Waals surface area contributed by atoms with Crippen molar-refractivity contribution in [3.63, 3.8) is 0 Å². The van der Waals surface area contributed by atoms with Crippen LogP contribution in [0.4, 0.5) is 5.69 Å². The lowest BCUT2D eigenvalue weighted by atomic mass is 10.3. The highest BCUT2D eigenvalue weighted by molar-refractivity contribution is 5.45. The van der Waals surface area contributed by atoms with Gasteiger partial charge in [0.05, 0.1) is 18.1 Å². The fraction of sp³-hybridized carbons (Fsp3) is 0.200. The number of aromatic nitrogens is 4. The molecule has 2 rings (SSSR count). The minimum atomic E-state index is 0.496. The summed E-state index contributed by atoms with van der Waals surface area (Å²) in [5, 5.41) is 0. The summed E-state index contributed by atoms with van der Waals surface area (Å²) in [6.45, 7) is 3.82. The van der Waals surface area contributed by atoms with Crippen LogP contribution in [-0.4, -0.2) is 19.9 Å². The van der Waals surface area contributed by atoms with Crippen LogP contribution in [0.25, 0.3) is 11.6 Å². The first-order chi connectivity index (χ1) is 7.15. The minimum absolute atomic E-state index is 0.496. The summed E-state index contributed by atoms with van der Waals surface area (Å²) < 4.78 is 0. The Morgan fingerprint density at radius 1 is 0.933 bits per heavy atom. The monoisotopic (exact) mass is 201 g/mol. The molecule has 0 fully saturated rings. The Bertz CT molecular complexity index is 457. The maximum Gasteiger partial charge on any atom is 0.198 e. The molecule has 0 radical (unpaired) electrons. The molecule has 15 heavy (non-hydrogen) atoms. The maximum atomic E-state index is 5.50. The topological polar surface area (TPSA) is 77.6 Å². The van der Waals surface area contributed by atoms with Crippen LogP contribution in [0.1, 0.15) is 11.4 Å². The SMILES string of the molecule is Cc1cc(C)nc(-c2ncc(N)cn2)n1. The molecule has 0 saturated heterocycles. The van der Waals surface area contributed by atoms with Gasteiger partial charge in [0.1, 0.15) is 0 Å². The average Bonchev–Trinajstić information content (AvgIpc) is 2.17. The van der Waals surface area contributed by atoms with Crippen molar-refractivity contribution >= 4 is 5.69 Å². The molecule has 76 valence electrons. The number of nitrogens with zero attached hydrogens (tertiary/aromatic N) is 4. The average molecular weight is 201 g/mol. The van der Waals surface area contributed by atoms with E-state index in [0.29, 0.717) is 17.3 Å². The van der Waals surface area contributed by atoms with E-state index in [2.05, 4.69) is 19.9 Å². The second-order valence-electron chi connectivity index (χ2n) is 3.31. The zero-order chi connectivity index (χ0) is 10.8. The standard InChI is InChI=1S/C10H11N5/c1-6-3-7(2)15-10(14-6)9-12-4-8(11)5-13-9/h3-5H,11H2,1-2H3. The first kappa shape index (κ1) is 9.51. The molecule has 0 aliphatic rings. The summed E-state index contributed by atoms with van der Waals surface area (Å²) in [5.74, 6) is 1.03. The Balaban J connectivity index is 2.49. The van der Waals surface area contributed by atoms with Gasteiger partial charge in [-0.15, -0.1) is 0 Å². The highest BCUT2D eigenvalue weighted by atomic mass is 15.0. The van der Waals surface area contributed by atoms with Crippen LogP contribution in [0.15, 0.2) is 18.5 Å². The third-order valence-corrected chi connectivity index (χ3v) is 1.85. The fourth-order valence-electron chi connectivity index (χ4n) is 1.28. The zero-order valence-corrected chi connectivity index (χ0v) is 8.60. The number of rotatable bonds is 1. The number of hydrogen-bond donors (Lipinski definition) is 1. The van der Waals surface area contributed by atoms with Crippen LogP contribution >= 0.6 is 0 Å². The van der Waals surface area contributed by atoms with Gasteiger partial charge in [-0.05, 0) is 19.9 Å². The van der Waals surface area contributed by atoms with Gasteiger partial charge in [0, 0.05) is 11.4 Å². The molecule has 0 spiro atoms. The smallest absolute Gasteiger partial charge is 0.198 e. The van der Waals surface area contributed by atoms with Crippen molar-refractivity contribution in [3.8, 4) is 11.6 Å². The molecule has 0 atom stereocenters. The molecule has 0 aliphatic carbocycles. The molecule has 2 heterocycles. The summed E-state index contributed by atoms with van der Waals surface area (Å²) in [5.41, 5.74) is 7.83. The van der Waals surface area contributed by atoms with E-state index in [1.54, 1.807) is 12.4 Å².